The molecule has 0 radical (unpaired) electrons. The second-order valence-electron chi connectivity index (χ2n) is 9.99. The normalized spacial score (nSPS) is 22.1. The lowest BCUT2D eigenvalue weighted by Crippen LogP contribution is -2.32. The van der Waals surface area contributed by atoms with Gasteiger partial charge in [0.05, 0.1) is 24.6 Å². The summed E-state index contributed by atoms with van der Waals surface area (Å²) in [6.45, 7) is 2.93. The van der Waals surface area contributed by atoms with Gasteiger partial charge in [0.2, 0.25) is 0 Å². The van der Waals surface area contributed by atoms with Crippen LogP contribution in [0.5, 0.6) is 0 Å². The Morgan fingerprint density at radius 2 is 1.76 bits per heavy atom. The van der Waals surface area contributed by atoms with Crippen molar-refractivity contribution in [3.05, 3.63) is 46.5 Å². The highest BCUT2D eigenvalue weighted by Crippen LogP contribution is 2.46. The second kappa shape index (κ2) is 9.80. The van der Waals surface area contributed by atoms with Crippen LogP contribution in [0.25, 0.3) is 11.1 Å². The molecule has 1 saturated carbocycles. The van der Waals surface area contributed by atoms with Crippen LogP contribution in [0.4, 0.5) is 0 Å². The zero-order chi connectivity index (χ0) is 22.7. The minimum atomic E-state index is -0.296. The largest absolute Gasteiger partial charge is 0.395 e. The van der Waals surface area contributed by atoms with Crippen LogP contribution < -0.4 is 0 Å². The van der Waals surface area contributed by atoms with E-state index in [0.717, 1.165) is 87.0 Å². The van der Waals surface area contributed by atoms with Crippen molar-refractivity contribution in [1.82, 2.24) is 9.97 Å². The van der Waals surface area contributed by atoms with Crippen LogP contribution in [-0.4, -0.2) is 33.9 Å². The predicted molar refractivity (Wildman–Crippen MR) is 131 cm³/mol. The molecule has 3 aliphatic rings. The Morgan fingerprint density at radius 1 is 0.939 bits per heavy atom. The Labute approximate surface area is 196 Å². The van der Waals surface area contributed by atoms with Crippen molar-refractivity contribution in [2.24, 2.45) is 15.4 Å². The van der Waals surface area contributed by atoms with Gasteiger partial charge in [-0.1, -0.05) is 19.3 Å². The summed E-state index contributed by atoms with van der Waals surface area (Å²) in [5.41, 5.74) is 8.92. The first-order chi connectivity index (χ1) is 16.2. The van der Waals surface area contributed by atoms with E-state index in [0.29, 0.717) is 0 Å². The molecule has 0 amide bonds. The van der Waals surface area contributed by atoms with E-state index in [1.165, 1.54) is 41.6 Å². The number of rotatable bonds is 4. The average molecular weight is 446 g/mol. The Kier molecular flexibility index (Phi) is 6.63. The van der Waals surface area contributed by atoms with Gasteiger partial charge in [-0.25, -0.2) is 0 Å². The van der Waals surface area contributed by atoms with E-state index >= 15 is 0 Å². The summed E-state index contributed by atoms with van der Waals surface area (Å²) in [7, 11) is 0. The zero-order valence-corrected chi connectivity index (χ0v) is 19.8. The summed E-state index contributed by atoms with van der Waals surface area (Å²) in [4.78, 5) is 9.88. The minimum Gasteiger partial charge on any atom is -0.395 e. The first kappa shape index (κ1) is 22.3. The van der Waals surface area contributed by atoms with E-state index in [2.05, 4.69) is 39.5 Å². The highest BCUT2D eigenvalue weighted by Gasteiger charge is 2.41. The third-order valence-corrected chi connectivity index (χ3v) is 7.71. The SMILES string of the molecule is Cc1cc(-c2c3c(nc(C4(CO)CCCC4)c2/C2=N\N=NCCCC2)CCCCC3)ccn1. The Hall–Kier alpha value is -2.47. The predicted octanol–water partition coefficient (Wildman–Crippen LogP) is 5.87. The molecule has 0 saturated heterocycles. The van der Waals surface area contributed by atoms with Crippen molar-refractivity contribution in [3.8, 4) is 11.1 Å². The summed E-state index contributed by atoms with van der Waals surface area (Å²) >= 11 is 0. The lowest BCUT2D eigenvalue weighted by atomic mass is 9.76. The minimum absolute atomic E-state index is 0.134. The molecule has 174 valence electrons. The fourth-order valence-corrected chi connectivity index (χ4v) is 5.96. The first-order valence-corrected chi connectivity index (χ1v) is 12.8. The van der Waals surface area contributed by atoms with Gasteiger partial charge in [-0.15, -0.1) is 5.10 Å². The Bertz CT molecular complexity index is 1070. The molecule has 0 atom stereocenters. The summed E-state index contributed by atoms with van der Waals surface area (Å²) in [5, 5.41) is 23.8. The molecule has 1 fully saturated rings. The first-order valence-electron chi connectivity index (χ1n) is 12.8. The zero-order valence-electron chi connectivity index (χ0n) is 19.8. The number of fused-ring (bicyclic) bond motifs is 1. The lowest BCUT2D eigenvalue weighted by Gasteiger charge is -2.32. The topological polar surface area (TPSA) is 83.1 Å². The van der Waals surface area contributed by atoms with E-state index in [1.807, 2.05) is 6.20 Å². The number of aliphatic hydroxyl groups excluding tert-OH is 1. The molecule has 6 heteroatoms. The maximum absolute atomic E-state index is 10.7. The van der Waals surface area contributed by atoms with E-state index < -0.39 is 0 Å². The van der Waals surface area contributed by atoms with Gasteiger partial charge < -0.3 is 5.11 Å². The van der Waals surface area contributed by atoms with Gasteiger partial charge in [0.25, 0.3) is 0 Å². The maximum atomic E-state index is 10.7. The standard InChI is InChI=1S/C27H35N5O/c1-19-17-20(12-16-28-19)24-21-9-3-2-4-10-22(21)30-26(27(18-33)13-6-7-14-27)25(24)23-11-5-8-15-29-32-31-23/h12,16-17,33H,2-11,13-15,18H2,1H3/b31-23-,32-29?. The second-order valence-corrected chi connectivity index (χ2v) is 9.99. The molecule has 2 aromatic rings. The van der Waals surface area contributed by atoms with Gasteiger partial charge in [-0.2, -0.15) is 5.11 Å². The number of aryl methyl sites for hydroxylation is 2. The Morgan fingerprint density at radius 3 is 2.58 bits per heavy atom. The molecule has 33 heavy (non-hydrogen) atoms. The summed E-state index contributed by atoms with van der Waals surface area (Å²) in [5.74, 6) is 0. The van der Waals surface area contributed by atoms with Crippen LogP contribution in [0.1, 0.15) is 92.4 Å². The summed E-state index contributed by atoms with van der Waals surface area (Å²) in [6, 6.07) is 4.32. The third-order valence-electron chi connectivity index (χ3n) is 7.71. The number of aliphatic hydroxyl groups is 1. The molecule has 1 N–H and O–H groups in total. The van der Waals surface area contributed by atoms with Crippen molar-refractivity contribution in [2.75, 3.05) is 13.2 Å². The average Bonchev–Trinajstić information content (AvgIpc) is 3.17. The van der Waals surface area contributed by atoms with Gasteiger partial charge >= 0.3 is 0 Å². The Balaban J connectivity index is 1.86. The van der Waals surface area contributed by atoms with Crippen molar-refractivity contribution in [3.63, 3.8) is 0 Å². The lowest BCUT2D eigenvalue weighted by molar-refractivity contribution is 0.192. The van der Waals surface area contributed by atoms with Crippen LogP contribution in [0, 0.1) is 6.92 Å². The fourth-order valence-electron chi connectivity index (χ4n) is 5.96. The van der Waals surface area contributed by atoms with E-state index in [4.69, 9.17) is 4.98 Å². The van der Waals surface area contributed by atoms with Gasteiger partial charge in [0.1, 0.15) is 0 Å². The van der Waals surface area contributed by atoms with E-state index in [9.17, 15) is 5.11 Å². The molecule has 0 spiro atoms. The van der Waals surface area contributed by atoms with Gasteiger partial charge in [-0.05, 0) is 98.8 Å². The molecular formula is C27H35N5O. The molecule has 3 heterocycles. The van der Waals surface area contributed by atoms with Crippen molar-refractivity contribution in [2.45, 2.75) is 89.4 Å². The molecule has 1 aliphatic heterocycles. The van der Waals surface area contributed by atoms with Gasteiger partial charge in [-0.3, -0.25) is 9.97 Å². The molecular weight excluding hydrogens is 410 g/mol. The maximum Gasteiger partial charge on any atom is 0.0745 e. The van der Waals surface area contributed by atoms with Crippen molar-refractivity contribution in [1.29, 1.82) is 0 Å². The molecule has 0 bridgehead atoms. The number of nitrogens with zero attached hydrogens (tertiary/aromatic N) is 5. The molecule has 0 unspecified atom stereocenters. The molecule has 2 aromatic heterocycles. The molecule has 2 aliphatic carbocycles. The number of hydrogen-bond acceptors (Lipinski definition) is 6. The quantitative estimate of drug-likeness (QED) is 0.598. The summed E-state index contributed by atoms with van der Waals surface area (Å²) in [6.07, 6.45) is 14.7. The third kappa shape index (κ3) is 4.37. The molecule has 6 nitrogen and oxygen atoms in total. The van der Waals surface area contributed by atoms with E-state index in [1.54, 1.807) is 0 Å². The number of aromatic nitrogens is 2. The molecule has 5 rings (SSSR count). The van der Waals surface area contributed by atoms with Gasteiger partial charge in [0, 0.05) is 28.6 Å². The van der Waals surface area contributed by atoms with Crippen LogP contribution in [0.2, 0.25) is 0 Å². The highest BCUT2D eigenvalue weighted by molar-refractivity contribution is 6.08. The van der Waals surface area contributed by atoms with Crippen LogP contribution >= 0.6 is 0 Å². The highest BCUT2D eigenvalue weighted by atomic mass is 16.3. The van der Waals surface area contributed by atoms with Crippen LogP contribution in [0.15, 0.2) is 33.8 Å². The van der Waals surface area contributed by atoms with E-state index in [-0.39, 0.29) is 12.0 Å². The number of pyridine rings is 2. The van der Waals surface area contributed by atoms with Crippen molar-refractivity contribution < 1.29 is 5.11 Å². The smallest absolute Gasteiger partial charge is 0.0745 e. The van der Waals surface area contributed by atoms with Crippen molar-refractivity contribution >= 4 is 5.71 Å². The summed E-state index contributed by atoms with van der Waals surface area (Å²) < 4.78 is 0. The van der Waals surface area contributed by atoms with Gasteiger partial charge in [0.15, 0.2) is 0 Å². The molecule has 0 aromatic carbocycles. The van der Waals surface area contributed by atoms with Crippen LogP contribution in [-0.2, 0) is 18.3 Å². The fraction of sp³-hybridized carbons (Fsp3) is 0.593. The van der Waals surface area contributed by atoms with Crippen LogP contribution in [0.3, 0.4) is 0 Å². The monoisotopic (exact) mass is 445 g/mol. The number of hydrogen-bond donors (Lipinski definition) is 1.